The zero-order valence-electron chi connectivity index (χ0n) is 12.0. The predicted molar refractivity (Wildman–Crippen MR) is 72.6 cm³/mol. The van der Waals surface area contributed by atoms with Crippen molar-refractivity contribution in [3.63, 3.8) is 0 Å². The number of nitrogens with one attached hydrogen (secondary N) is 1. The van der Waals surface area contributed by atoms with E-state index in [1.807, 2.05) is 0 Å². The SMILES string of the molecule is CC(=O)N(CC(=O)Nc1ccccc1C(F)(F)F)C(C)C. The van der Waals surface area contributed by atoms with Crippen molar-refractivity contribution in [2.24, 2.45) is 0 Å². The fraction of sp³-hybridized carbons (Fsp3) is 0.429. The molecule has 0 bridgehead atoms. The second kappa shape index (κ2) is 6.60. The Bertz CT molecular complexity index is 527. The summed E-state index contributed by atoms with van der Waals surface area (Å²) in [5, 5.41) is 2.20. The summed E-state index contributed by atoms with van der Waals surface area (Å²) in [6.45, 7) is 4.45. The summed E-state index contributed by atoms with van der Waals surface area (Å²) in [5.41, 5.74) is -1.24. The van der Waals surface area contributed by atoms with Gasteiger partial charge in [0.1, 0.15) is 6.54 Å². The molecule has 4 nitrogen and oxygen atoms in total. The monoisotopic (exact) mass is 302 g/mol. The second-order valence-electron chi connectivity index (χ2n) is 4.83. The first-order valence-corrected chi connectivity index (χ1v) is 6.36. The Hall–Kier alpha value is -2.05. The third kappa shape index (κ3) is 4.77. The number of hydrogen-bond acceptors (Lipinski definition) is 2. The Morgan fingerprint density at radius 2 is 1.81 bits per heavy atom. The number of rotatable bonds is 4. The Kier molecular flexibility index (Phi) is 5.34. The average Bonchev–Trinajstić information content (AvgIpc) is 2.34. The molecule has 0 aliphatic rings. The Balaban J connectivity index is 2.87. The Morgan fingerprint density at radius 3 is 2.29 bits per heavy atom. The molecule has 0 saturated heterocycles. The fourth-order valence-electron chi connectivity index (χ4n) is 1.84. The van der Waals surface area contributed by atoms with Gasteiger partial charge in [0.2, 0.25) is 11.8 Å². The van der Waals surface area contributed by atoms with E-state index in [0.29, 0.717) is 0 Å². The number of benzene rings is 1. The number of hydrogen-bond donors (Lipinski definition) is 1. The first-order chi connectivity index (χ1) is 9.62. The maximum Gasteiger partial charge on any atom is 0.418 e. The third-order valence-corrected chi connectivity index (χ3v) is 2.85. The Morgan fingerprint density at radius 1 is 1.24 bits per heavy atom. The molecule has 1 aromatic carbocycles. The normalized spacial score (nSPS) is 11.4. The van der Waals surface area contributed by atoms with Gasteiger partial charge in [0.25, 0.3) is 0 Å². The standard InChI is InChI=1S/C14H17F3N2O2/c1-9(2)19(10(3)20)8-13(21)18-12-7-5-4-6-11(12)14(15,16)17/h4-7,9H,8H2,1-3H3,(H,18,21). The lowest BCUT2D eigenvalue weighted by atomic mass is 10.1. The maximum atomic E-state index is 12.8. The number of nitrogens with zero attached hydrogens (tertiary/aromatic N) is 1. The maximum absolute atomic E-state index is 12.8. The average molecular weight is 302 g/mol. The van der Waals surface area contributed by atoms with Crippen LogP contribution in [0.15, 0.2) is 24.3 Å². The third-order valence-electron chi connectivity index (χ3n) is 2.85. The van der Waals surface area contributed by atoms with Crippen molar-refractivity contribution in [2.75, 3.05) is 11.9 Å². The number of alkyl halides is 3. The van der Waals surface area contributed by atoms with Crippen LogP contribution in [0.3, 0.4) is 0 Å². The molecule has 0 heterocycles. The van der Waals surface area contributed by atoms with E-state index in [4.69, 9.17) is 0 Å². The largest absolute Gasteiger partial charge is 0.418 e. The van der Waals surface area contributed by atoms with Crippen LogP contribution in [-0.2, 0) is 15.8 Å². The van der Waals surface area contributed by atoms with E-state index in [1.165, 1.54) is 30.0 Å². The van der Waals surface area contributed by atoms with Crippen LogP contribution in [0.4, 0.5) is 18.9 Å². The molecule has 0 unspecified atom stereocenters. The van der Waals surface area contributed by atoms with Crippen LogP contribution in [0.1, 0.15) is 26.3 Å². The second-order valence-corrected chi connectivity index (χ2v) is 4.83. The number of carbonyl (C=O) groups is 2. The minimum atomic E-state index is -4.55. The molecule has 0 atom stereocenters. The lowest BCUT2D eigenvalue weighted by Crippen LogP contribution is -2.41. The number of amides is 2. The van der Waals surface area contributed by atoms with E-state index >= 15 is 0 Å². The van der Waals surface area contributed by atoms with Crippen molar-refractivity contribution < 1.29 is 22.8 Å². The molecule has 0 aliphatic carbocycles. The zero-order chi connectivity index (χ0) is 16.2. The lowest BCUT2D eigenvalue weighted by molar-refractivity contribution is -0.137. The van der Waals surface area contributed by atoms with E-state index in [-0.39, 0.29) is 24.2 Å². The predicted octanol–water partition coefficient (Wildman–Crippen LogP) is 2.90. The van der Waals surface area contributed by atoms with Gasteiger partial charge in [0.15, 0.2) is 0 Å². The van der Waals surface area contributed by atoms with E-state index in [2.05, 4.69) is 5.32 Å². The van der Waals surface area contributed by atoms with Crippen molar-refractivity contribution in [3.8, 4) is 0 Å². The quantitative estimate of drug-likeness (QED) is 0.929. The van der Waals surface area contributed by atoms with E-state index in [0.717, 1.165) is 6.07 Å². The minimum Gasteiger partial charge on any atom is -0.331 e. The molecular formula is C14H17F3N2O2. The summed E-state index contributed by atoms with van der Waals surface area (Å²) in [7, 11) is 0. The van der Waals surface area contributed by atoms with Crippen LogP contribution in [0.5, 0.6) is 0 Å². The summed E-state index contributed by atoms with van der Waals surface area (Å²) < 4.78 is 38.4. The highest BCUT2D eigenvalue weighted by Crippen LogP contribution is 2.34. The van der Waals surface area contributed by atoms with Crippen molar-refractivity contribution in [3.05, 3.63) is 29.8 Å². The lowest BCUT2D eigenvalue weighted by Gasteiger charge is -2.25. The molecule has 0 aromatic heterocycles. The molecule has 1 N–H and O–H groups in total. The number of halogens is 3. The highest BCUT2D eigenvalue weighted by molar-refractivity contribution is 5.95. The highest BCUT2D eigenvalue weighted by atomic mass is 19.4. The molecule has 2 amide bonds. The minimum absolute atomic E-state index is 0.217. The summed E-state index contributed by atoms with van der Waals surface area (Å²) in [5.74, 6) is -0.986. The molecule has 7 heteroatoms. The number of carbonyl (C=O) groups excluding carboxylic acids is 2. The molecule has 1 aromatic rings. The van der Waals surface area contributed by atoms with E-state index < -0.39 is 17.6 Å². The van der Waals surface area contributed by atoms with Gasteiger partial charge in [-0.1, -0.05) is 12.1 Å². The van der Waals surface area contributed by atoms with Crippen LogP contribution in [0.2, 0.25) is 0 Å². The number of para-hydroxylation sites is 1. The molecule has 0 saturated carbocycles. The summed E-state index contributed by atoms with van der Waals surface area (Å²) in [4.78, 5) is 24.5. The first kappa shape index (κ1) is 17.0. The zero-order valence-corrected chi connectivity index (χ0v) is 12.0. The van der Waals surface area contributed by atoms with E-state index in [9.17, 15) is 22.8 Å². The van der Waals surface area contributed by atoms with Gasteiger partial charge in [0, 0.05) is 13.0 Å². The van der Waals surface area contributed by atoms with Crippen LogP contribution >= 0.6 is 0 Å². The van der Waals surface area contributed by atoms with Crippen LogP contribution in [-0.4, -0.2) is 29.3 Å². The van der Waals surface area contributed by atoms with Crippen LogP contribution in [0.25, 0.3) is 0 Å². The van der Waals surface area contributed by atoms with E-state index in [1.54, 1.807) is 13.8 Å². The van der Waals surface area contributed by atoms with Gasteiger partial charge in [-0.05, 0) is 26.0 Å². The molecule has 21 heavy (non-hydrogen) atoms. The van der Waals surface area contributed by atoms with Gasteiger partial charge in [-0.25, -0.2) is 0 Å². The Labute approximate surface area is 120 Å². The highest BCUT2D eigenvalue weighted by Gasteiger charge is 2.33. The van der Waals surface area contributed by atoms with Gasteiger partial charge in [-0.15, -0.1) is 0 Å². The summed E-state index contributed by atoms with van der Waals surface area (Å²) in [6.07, 6.45) is -4.55. The topological polar surface area (TPSA) is 49.4 Å². The van der Waals surface area contributed by atoms with Crippen molar-refractivity contribution in [1.29, 1.82) is 0 Å². The molecular weight excluding hydrogens is 285 g/mol. The molecule has 116 valence electrons. The van der Waals surface area contributed by atoms with Gasteiger partial charge in [0.05, 0.1) is 11.3 Å². The molecule has 0 spiro atoms. The fourth-order valence-corrected chi connectivity index (χ4v) is 1.84. The van der Waals surface area contributed by atoms with Crippen molar-refractivity contribution in [1.82, 2.24) is 4.90 Å². The number of anilines is 1. The van der Waals surface area contributed by atoms with Crippen LogP contribution < -0.4 is 5.32 Å². The molecule has 0 aliphatic heterocycles. The first-order valence-electron chi connectivity index (χ1n) is 6.36. The molecule has 1 rings (SSSR count). The van der Waals surface area contributed by atoms with Gasteiger partial charge < -0.3 is 10.2 Å². The van der Waals surface area contributed by atoms with Crippen LogP contribution in [0, 0.1) is 0 Å². The van der Waals surface area contributed by atoms with Crippen molar-refractivity contribution >= 4 is 17.5 Å². The molecule has 0 fully saturated rings. The van der Waals surface area contributed by atoms with Gasteiger partial charge >= 0.3 is 6.18 Å². The smallest absolute Gasteiger partial charge is 0.331 e. The molecule has 0 radical (unpaired) electrons. The summed E-state index contributed by atoms with van der Waals surface area (Å²) in [6, 6.07) is 4.49. The summed E-state index contributed by atoms with van der Waals surface area (Å²) >= 11 is 0. The van der Waals surface area contributed by atoms with Gasteiger partial charge in [-0.2, -0.15) is 13.2 Å². The van der Waals surface area contributed by atoms with Gasteiger partial charge in [-0.3, -0.25) is 9.59 Å². The van der Waals surface area contributed by atoms with Crippen molar-refractivity contribution in [2.45, 2.75) is 33.0 Å².